The maximum atomic E-state index is 11.5. The number of sulfone groups is 1. The first-order valence-corrected chi connectivity index (χ1v) is 10.8. The second-order valence-electron chi connectivity index (χ2n) is 5.81. The van der Waals surface area contributed by atoms with Crippen molar-refractivity contribution in [2.24, 2.45) is 10.9 Å². The molecule has 2 unspecified atom stereocenters. The van der Waals surface area contributed by atoms with Crippen molar-refractivity contribution in [3.63, 3.8) is 0 Å². The zero-order chi connectivity index (χ0) is 15.3. The predicted molar refractivity (Wildman–Crippen MR) is 106 cm³/mol. The Kier molecular flexibility index (Phi) is 8.84. The highest BCUT2D eigenvalue weighted by Crippen LogP contribution is 2.22. The Morgan fingerprint density at radius 1 is 1.41 bits per heavy atom. The van der Waals surface area contributed by atoms with E-state index >= 15 is 0 Å². The van der Waals surface area contributed by atoms with Crippen LogP contribution in [-0.2, 0) is 9.84 Å². The van der Waals surface area contributed by atoms with Crippen LogP contribution in [0, 0.1) is 5.92 Å². The van der Waals surface area contributed by atoms with Crippen LogP contribution in [0.4, 0.5) is 0 Å². The van der Waals surface area contributed by atoms with Crippen LogP contribution in [0.25, 0.3) is 0 Å². The molecule has 0 radical (unpaired) electrons. The van der Waals surface area contributed by atoms with Crippen LogP contribution < -0.4 is 5.32 Å². The topological polar surface area (TPSA) is 61.8 Å². The van der Waals surface area contributed by atoms with Crippen molar-refractivity contribution in [3.05, 3.63) is 0 Å². The zero-order valence-electron chi connectivity index (χ0n) is 13.5. The average molecular weight is 461 g/mol. The van der Waals surface area contributed by atoms with Gasteiger partial charge >= 0.3 is 0 Å². The molecular formula is C14H28IN3O2S2. The molecule has 0 aromatic heterocycles. The zero-order valence-corrected chi connectivity index (χ0v) is 17.4. The van der Waals surface area contributed by atoms with Crippen molar-refractivity contribution in [2.45, 2.75) is 31.9 Å². The van der Waals surface area contributed by atoms with Gasteiger partial charge in [-0.15, -0.1) is 24.0 Å². The van der Waals surface area contributed by atoms with E-state index in [0.29, 0.717) is 23.3 Å². The summed E-state index contributed by atoms with van der Waals surface area (Å²) in [6.45, 7) is 7.84. The molecule has 2 atom stereocenters. The number of halogens is 1. The number of nitrogens with zero attached hydrogens (tertiary/aromatic N) is 2. The molecule has 0 aromatic rings. The molecule has 0 aromatic carbocycles. The molecule has 5 nitrogen and oxygen atoms in total. The lowest BCUT2D eigenvalue weighted by molar-refractivity contribution is 0.406. The quantitative estimate of drug-likeness (QED) is 0.393. The lowest BCUT2D eigenvalue weighted by Gasteiger charge is -2.34. The van der Waals surface area contributed by atoms with E-state index < -0.39 is 9.84 Å². The van der Waals surface area contributed by atoms with Gasteiger partial charge in [-0.1, -0.05) is 6.92 Å². The van der Waals surface area contributed by atoms with Crippen LogP contribution in [0.1, 0.15) is 26.7 Å². The average Bonchev–Trinajstić information content (AvgIpc) is 2.83. The summed E-state index contributed by atoms with van der Waals surface area (Å²) in [7, 11) is -2.80. The minimum atomic E-state index is -2.80. The summed E-state index contributed by atoms with van der Waals surface area (Å²) < 4.78 is 23.0. The molecule has 2 fully saturated rings. The van der Waals surface area contributed by atoms with Crippen molar-refractivity contribution in [2.75, 3.05) is 43.4 Å². The monoisotopic (exact) mass is 461 g/mol. The predicted octanol–water partition coefficient (Wildman–Crippen LogP) is 1.83. The SMILES string of the molecule is CCNC(=NCC1CCS(=O)(=O)C1)N1CCSC(CC)C1.I. The van der Waals surface area contributed by atoms with Gasteiger partial charge in [-0.05, 0) is 25.7 Å². The standard InChI is InChI=1S/C14H27N3O2S2.HI/c1-3-13-10-17(6-7-20-13)14(15-4-2)16-9-12-5-8-21(18,19)11-12;/h12-13H,3-11H2,1-2H3,(H,15,16);1H. The van der Waals surface area contributed by atoms with E-state index in [1.807, 2.05) is 11.8 Å². The maximum Gasteiger partial charge on any atom is 0.193 e. The summed E-state index contributed by atoms with van der Waals surface area (Å²) >= 11 is 2.04. The minimum absolute atomic E-state index is 0. The highest BCUT2D eigenvalue weighted by molar-refractivity contribution is 14.0. The van der Waals surface area contributed by atoms with Gasteiger partial charge < -0.3 is 10.2 Å². The second-order valence-corrected chi connectivity index (χ2v) is 9.45. The van der Waals surface area contributed by atoms with Crippen molar-refractivity contribution in [3.8, 4) is 0 Å². The molecule has 2 aliphatic rings. The number of thioether (sulfide) groups is 1. The van der Waals surface area contributed by atoms with Gasteiger partial charge in [0.25, 0.3) is 0 Å². The van der Waals surface area contributed by atoms with Gasteiger partial charge in [-0.25, -0.2) is 8.42 Å². The van der Waals surface area contributed by atoms with Crippen molar-refractivity contribution >= 4 is 51.5 Å². The Morgan fingerprint density at radius 2 is 2.18 bits per heavy atom. The molecule has 2 heterocycles. The molecule has 0 bridgehead atoms. The van der Waals surface area contributed by atoms with Crippen LogP contribution in [0.5, 0.6) is 0 Å². The van der Waals surface area contributed by atoms with E-state index in [0.717, 1.165) is 37.8 Å². The first-order valence-electron chi connectivity index (χ1n) is 7.89. The highest BCUT2D eigenvalue weighted by Gasteiger charge is 2.28. The van der Waals surface area contributed by atoms with E-state index in [9.17, 15) is 8.42 Å². The fourth-order valence-electron chi connectivity index (χ4n) is 2.82. The summed E-state index contributed by atoms with van der Waals surface area (Å²) in [4.78, 5) is 7.04. The summed E-state index contributed by atoms with van der Waals surface area (Å²) in [5.74, 6) is 2.94. The van der Waals surface area contributed by atoms with Crippen LogP contribution >= 0.6 is 35.7 Å². The number of rotatable bonds is 4. The molecule has 0 saturated carbocycles. The van der Waals surface area contributed by atoms with E-state index in [1.54, 1.807) is 0 Å². The largest absolute Gasteiger partial charge is 0.357 e. The van der Waals surface area contributed by atoms with Crippen LogP contribution in [0.2, 0.25) is 0 Å². The van der Waals surface area contributed by atoms with Crippen molar-refractivity contribution in [1.29, 1.82) is 0 Å². The fraction of sp³-hybridized carbons (Fsp3) is 0.929. The van der Waals surface area contributed by atoms with E-state index in [2.05, 4.69) is 24.1 Å². The number of hydrogen-bond donors (Lipinski definition) is 1. The van der Waals surface area contributed by atoms with E-state index in [4.69, 9.17) is 4.99 Å². The Bertz CT molecular complexity index is 471. The fourth-order valence-corrected chi connectivity index (χ4v) is 5.85. The van der Waals surface area contributed by atoms with Crippen molar-refractivity contribution < 1.29 is 8.42 Å². The van der Waals surface area contributed by atoms with E-state index in [1.165, 1.54) is 6.42 Å². The lowest BCUT2D eigenvalue weighted by Crippen LogP contribution is -2.48. The van der Waals surface area contributed by atoms with Gasteiger partial charge in [-0.3, -0.25) is 4.99 Å². The highest BCUT2D eigenvalue weighted by atomic mass is 127. The molecule has 0 amide bonds. The van der Waals surface area contributed by atoms with Gasteiger partial charge in [0, 0.05) is 37.2 Å². The molecule has 2 aliphatic heterocycles. The molecule has 0 spiro atoms. The molecule has 8 heteroatoms. The first-order chi connectivity index (χ1) is 10.0. The van der Waals surface area contributed by atoms with Gasteiger partial charge in [0.1, 0.15) is 0 Å². The molecule has 1 N–H and O–H groups in total. The van der Waals surface area contributed by atoms with Crippen LogP contribution in [-0.4, -0.2) is 68.0 Å². The summed E-state index contributed by atoms with van der Waals surface area (Å²) in [6, 6.07) is 0. The summed E-state index contributed by atoms with van der Waals surface area (Å²) in [5, 5.41) is 4.03. The van der Waals surface area contributed by atoms with Gasteiger partial charge in [0.15, 0.2) is 15.8 Å². The molecular weight excluding hydrogens is 433 g/mol. The second kappa shape index (κ2) is 9.56. The summed E-state index contributed by atoms with van der Waals surface area (Å²) in [5.41, 5.74) is 0. The number of guanidine groups is 1. The lowest BCUT2D eigenvalue weighted by atomic mass is 10.1. The Labute approximate surface area is 156 Å². The third-order valence-electron chi connectivity index (χ3n) is 4.05. The van der Waals surface area contributed by atoms with Gasteiger partial charge in [0.2, 0.25) is 0 Å². The molecule has 0 aliphatic carbocycles. The Hall–Kier alpha value is 0.300. The minimum Gasteiger partial charge on any atom is -0.357 e. The first kappa shape index (κ1) is 20.3. The number of aliphatic imine (C=N–C) groups is 1. The third kappa shape index (κ3) is 6.07. The molecule has 22 heavy (non-hydrogen) atoms. The van der Waals surface area contributed by atoms with E-state index in [-0.39, 0.29) is 29.9 Å². The third-order valence-corrected chi connectivity index (χ3v) is 7.26. The molecule has 2 saturated heterocycles. The molecule has 2 rings (SSSR count). The Morgan fingerprint density at radius 3 is 2.77 bits per heavy atom. The summed E-state index contributed by atoms with van der Waals surface area (Å²) in [6.07, 6.45) is 1.94. The van der Waals surface area contributed by atoms with Gasteiger partial charge in [-0.2, -0.15) is 11.8 Å². The van der Waals surface area contributed by atoms with Crippen LogP contribution in [0.15, 0.2) is 4.99 Å². The normalized spacial score (nSPS) is 28.3. The number of hydrogen-bond acceptors (Lipinski definition) is 4. The van der Waals surface area contributed by atoms with Gasteiger partial charge in [0.05, 0.1) is 11.5 Å². The van der Waals surface area contributed by atoms with Crippen molar-refractivity contribution in [1.82, 2.24) is 10.2 Å². The number of nitrogens with one attached hydrogen (secondary N) is 1. The van der Waals surface area contributed by atoms with Crippen LogP contribution in [0.3, 0.4) is 0 Å². The molecule has 130 valence electrons. The smallest absolute Gasteiger partial charge is 0.193 e. The maximum absolute atomic E-state index is 11.5. The Balaban J connectivity index is 0.00000242.